The first-order valence-electron chi connectivity index (χ1n) is 6.39. The SMILES string of the molecule is COCC(N)C(=O)NCCc1c[nH]c2ccc(Cl)cc12.Cl. The van der Waals surface area contributed by atoms with Crippen molar-refractivity contribution in [3.63, 3.8) is 0 Å². The fraction of sp³-hybridized carbons (Fsp3) is 0.357. The number of hydrogen-bond acceptors (Lipinski definition) is 3. The van der Waals surface area contributed by atoms with Crippen LogP contribution in [0.2, 0.25) is 5.02 Å². The summed E-state index contributed by atoms with van der Waals surface area (Å²) in [5.41, 5.74) is 7.79. The Morgan fingerprint density at radius 1 is 1.52 bits per heavy atom. The molecule has 0 aliphatic heterocycles. The van der Waals surface area contributed by atoms with Gasteiger partial charge in [0.05, 0.1) is 6.61 Å². The summed E-state index contributed by atoms with van der Waals surface area (Å²) >= 11 is 5.99. The molecule has 0 spiro atoms. The number of H-pyrrole nitrogens is 1. The first-order chi connectivity index (χ1) is 9.61. The summed E-state index contributed by atoms with van der Waals surface area (Å²) in [4.78, 5) is 14.8. The van der Waals surface area contributed by atoms with E-state index in [4.69, 9.17) is 22.1 Å². The van der Waals surface area contributed by atoms with Crippen LogP contribution in [0.1, 0.15) is 5.56 Å². The number of aromatic nitrogens is 1. The number of carbonyl (C=O) groups excluding carboxylic acids is 1. The van der Waals surface area contributed by atoms with Gasteiger partial charge in [0.1, 0.15) is 6.04 Å². The lowest BCUT2D eigenvalue weighted by molar-refractivity contribution is -0.123. The topological polar surface area (TPSA) is 80.1 Å². The smallest absolute Gasteiger partial charge is 0.239 e. The Morgan fingerprint density at radius 2 is 2.29 bits per heavy atom. The van der Waals surface area contributed by atoms with Crippen LogP contribution in [0, 0.1) is 0 Å². The Morgan fingerprint density at radius 3 is 3.00 bits per heavy atom. The number of carbonyl (C=O) groups is 1. The third-order valence-electron chi connectivity index (χ3n) is 3.11. The summed E-state index contributed by atoms with van der Waals surface area (Å²) in [6.07, 6.45) is 2.65. The molecule has 1 atom stereocenters. The van der Waals surface area contributed by atoms with Gasteiger partial charge in [-0.25, -0.2) is 0 Å². The zero-order valence-electron chi connectivity index (χ0n) is 11.7. The summed E-state index contributed by atoms with van der Waals surface area (Å²) in [5, 5.41) is 4.57. The van der Waals surface area contributed by atoms with E-state index in [0.717, 1.165) is 16.5 Å². The lowest BCUT2D eigenvalue weighted by Gasteiger charge is -2.10. The normalized spacial score (nSPS) is 12.0. The number of fused-ring (bicyclic) bond motifs is 1. The summed E-state index contributed by atoms with van der Waals surface area (Å²) in [6, 6.07) is 5.07. The fourth-order valence-corrected chi connectivity index (χ4v) is 2.24. The molecule has 0 fully saturated rings. The largest absolute Gasteiger partial charge is 0.383 e. The molecule has 21 heavy (non-hydrogen) atoms. The highest BCUT2D eigenvalue weighted by molar-refractivity contribution is 6.31. The average molecular weight is 332 g/mol. The molecule has 0 bridgehead atoms. The molecule has 0 aliphatic rings. The molecule has 0 saturated carbocycles. The summed E-state index contributed by atoms with van der Waals surface area (Å²) < 4.78 is 4.84. The Hall–Kier alpha value is -1.27. The van der Waals surface area contributed by atoms with Crippen LogP contribution < -0.4 is 11.1 Å². The van der Waals surface area contributed by atoms with E-state index in [1.165, 1.54) is 7.11 Å². The van der Waals surface area contributed by atoms with Gasteiger partial charge in [-0.2, -0.15) is 0 Å². The van der Waals surface area contributed by atoms with Crippen molar-refractivity contribution in [3.05, 3.63) is 35.0 Å². The van der Waals surface area contributed by atoms with Crippen molar-refractivity contribution >= 4 is 40.8 Å². The standard InChI is InChI=1S/C14H18ClN3O2.ClH/c1-20-8-12(16)14(19)17-5-4-9-7-18-13-3-2-10(15)6-11(9)13;/h2-3,6-7,12,18H,4-5,8,16H2,1H3,(H,17,19);1H. The Kier molecular flexibility index (Phi) is 6.98. The fourth-order valence-electron chi connectivity index (χ4n) is 2.06. The molecule has 1 aromatic heterocycles. The number of benzene rings is 1. The molecule has 1 heterocycles. The van der Waals surface area contributed by atoms with Crippen LogP contribution in [0.4, 0.5) is 0 Å². The molecule has 2 rings (SSSR count). The predicted octanol–water partition coefficient (Wildman–Crippen LogP) is 1.88. The maximum atomic E-state index is 11.6. The predicted molar refractivity (Wildman–Crippen MR) is 87.1 cm³/mol. The van der Waals surface area contributed by atoms with E-state index in [9.17, 15) is 4.79 Å². The van der Waals surface area contributed by atoms with Crippen LogP contribution >= 0.6 is 24.0 Å². The van der Waals surface area contributed by atoms with Gasteiger partial charge in [-0.05, 0) is 30.2 Å². The van der Waals surface area contributed by atoms with Crippen LogP contribution in [-0.4, -0.2) is 37.2 Å². The highest BCUT2D eigenvalue weighted by Gasteiger charge is 2.12. The Labute approximate surface area is 134 Å². The van der Waals surface area contributed by atoms with E-state index in [2.05, 4.69) is 10.3 Å². The van der Waals surface area contributed by atoms with Crippen LogP contribution in [0.3, 0.4) is 0 Å². The van der Waals surface area contributed by atoms with E-state index in [0.29, 0.717) is 18.0 Å². The van der Waals surface area contributed by atoms with E-state index in [-0.39, 0.29) is 24.9 Å². The Balaban J connectivity index is 0.00000220. The number of nitrogens with two attached hydrogens (primary N) is 1. The van der Waals surface area contributed by atoms with Crippen molar-refractivity contribution in [2.45, 2.75) is 12.5 Å². The number of rotatable bonds is 6. The van der Waals surface area contributed by atoms with E-state index in [1.54, 1.807) is 0 Å². The number of nitrogens with one attached hydrogen (secondary N) is 2. The minimum Gasteiger partial charge on any atom is -0.383 e. The van der Waals surface area contributed by atoms with Gasteiger partial charge in [0.2, 0.25) is 5.91 Å². The molecule has 2 aromatic rings. The summed E-state index contributed by atoms with van der Waals surface area (Å²) in [6.45, 7) is 0.740. The highest BCUT2D eigenvalue weighted by atomic mass is 35.5. The maximum Gasteiger partial charge on any atom is 0.239 e. The number of hydrogen-bond donors (Lipinski definition) is 3. The highest BCUT2D eigenvalue weighted by Crippen LogP contribution is 2.22. The number of aromatic amines is 1. The molecular weight excluding hydrogens is 313 g/mol. The van der Waals surface area contributed by atoms with Gasteiger partial charge in [0.15, 0.2) is 0 Å². The van der Waals surface area contributed by atoms with Crippen molar-refractivity contribution in [2.75, 3.05) is 20.3 Å². The van der Waals surface area contributed by atoms with Crippen LogP contribution in [0.15, 0.2) is 24.4 Å². The lowest BCUT2D eigenvalue weighted by atomic mass is 10.1. The van der Waals surface area contributed by atoms with Crippen molar-refractivity contribution in [1.29, 1.82) is 0 Å². The molecule has 1 amide bonds. The third kappa shape index (κ3) is 4.61. The van der Waals surface area contributed by atoms with Gasteiger partial charge in [0.25, 0.3) is 0 Å². The molecule has 7 heteroatoms. The molecular formula is C14H19Cl2N3O2. The van der Waals surface area contributed by atoms with E-state index in [1.807, 2.05) is 24.4 Å². The van der Waals surface area contributed by atoms with E-state index >= 15 is 0 Å². The lowest BCUT2D eigenvalue weighted by Crippen LogP contribution is -2.44. The molecule has 0 aliphatic carbocycles. The van der Waals surface area contributed by atoms with Gasteiger partial charge in [-0.3, -0.25) is 4.79 Å². The maximum absolute atomic E-state index is 11.6. The monoisotopic (exact) mass is 331 g/mol. The molecule has 1 unspecified atom stereocenters. The number of amides is 1. The minimum atomic E-state index is -0.627. The van der Waals surface area contributed by atoms with Crippen LogP contribution in [-0.2, 0) is 16.0 Å². The van der Waals surface area contributed by atoms with Crippen LogP contribution in [0.25, 0.3) is 10.9 Å². The number of halogens is 2. The van der Waals surface area contributed by atoms with Crippen LogP contribution in [0.5, 0.6) is 0 Å². The van der Waals surface area contributed by atoms with Crippen molar-refractivity contribution in [2.24, 2.45) is 5.73 Å². The van der Waals surface area contributed by atoms with Crippen molar-refractivity contribution < 1.29 is 9.53 Å². The number of methoxy groups -OCH3 is 1. The minimum absolute atomic E-state index is 0. The molecule has 116 valence electrons. The zero-order chi connectivity index (χ0) is 14.5. The second-order valence-electron chi connectivity index (χ2n) is 4.61. The second kappa shape index (κ2) is 8.24. The molecule has 0 saturated heterocycles. The second-order valence-corrected chi connectivity index (χ2v) is 5.04. The zero-order valence-corrected chi connectivity index (χ0v) is 13.3. The van der Waals surface area contributed by atoms with Crippen molar-refractivity contribution in [3.8, 4) is 0 Å². The van der Waals surface area contributed by atoms with Gasteiger partial charge in [-0.1, -0.05) is 11.6 Å². The number of ether oxygens (including phenoxy) is 1. The van der Waals surface area contributed by atoms with Gasteiger partial charge < -0.3 is 20.8 Å². The quantitative estimate of drug-likeness (QED) is 0.756. The van der Waals surface area contributed by atoms with Gasteiger partial charge >= 0.3 is 0 Å². The summed E-state index contributed by atoms with van der Waals surface area (Å²) in [5.74, 6) is -0.204. The molecule has 0 radical (unpaired) electrons. The Bertz CT molecular complexity index is 601. The summed E-state index contributed by atoms with van der Waals surface area (Å²) in [7, 11) is 1.52. The van der Waals surface area contributed by atoms with Gasteiger partial charge in [0, 0.05) is 35.8 Å². The first kappa shape index (κ1) is 17.8. The van der Waals surface area contributed by atoms with Gasteiger partial charge in [-0.15, -0.1) is 12.4 Å². The molecule has 5 nitrogen and oxygen atoms in total. The molecule has 4 N–H and O–H groups in total. The average Bonchev–Trinajstić information content (AvgIpc) is 2.81. The third-order valence-corrected chi connectivity index (χ3v) is 3.34. The van der Waals surface area contributed by atoms with Crippen molar-refractivity contribution in [1.82, 2.24) is 10.3 Å². The van der Waals surface area contributed by atoms with E-state index < -0.39 is 6.04 Å². The molecule has 1 aromatic carbocycles. The first-order valence-corrected chi connectivity index (χ1v) is 6.77.